The second-order valence-corrected chi connectivity index (χ2v) is 7.31. The number of rotatable bonds is 7. The molecule has 0 aromatic carbocycles. The highest BCUT2D eigenvalue weighted by Crippen LogP contribution is 2.18. The molecule has 2 fully saturated rings. The Kier molecular flexibility index (Phi) is 11.3. The quantitative estimate of drug-likeness (QED) is 0.367. The third-order valence-corrected chi connectivity index (χ3v) is 5.16. The Bertz CT molecular complexity index is 355. The Labute approximate surface area is 165 Å². The average Bonchev–Trinajstić information content (AvgIpc) is 3.07. The highest BCUT2D eigenvalue weighted by Gasteiger charge is 2.17. The molecule has 0 bridgehead atoms. The van der Waals surface area contributed by atoms with E-state index < -0.39 is 0 Å². The van der Waals surface area contributed by atoms with Crippen molar-refractivity contribution in [3.8, 4) is 0 Å². The van der Waals surface area contributed by atoms with Crippen molar-refractivity contribution in [1.82, 2.24) is 15.1 Å². The van der Waals surface area contributed by atoms with Crippen molar-refractivity contribution in [3.05, 3.63) is 0 Å². The van der Waals surface area contributed by atoms with Crippen molar-refractivity contribution in [2.24, 2.45) is 16.8 Å². The molecule has 5 nitrogen and oxygen atoms in total. The fraction of sp³-hybridized carbons (Fsp3) is 0.944. The fourth-order valence-electron chi connectivity index (χ4n) is 3.64. The summed E-state index contributed by atoms with van der Waals surface area (Å²) < 4.78 is 5.44. The highest BCUT2D eigenvalue weighted by molar-refractivity contribution is 14.0. The van der Waals surface area contributed by atoms with Gasteiger partial charge >= 0.3 is 0 Å². The maximum absolute atomic E-state index is 5.44. The molecular weight excluding hydrogens is 415 g/mol. The van der Waals surface area contributed by atoms with Gasteiger partial charge in [-0.25, -0.2) is 0 Å². The molecule has 6 heteroatoms. The third kappa shape index (κ3) is 7.87. The molecule has 0 amide bonds. The summed E-state index contributed by atoms with van der Waals surface area (Å²) in [5.74, 6) is 2.51. The molecule has 24 heavy (non-hydrogen) atoms. The Morgan fingerprint density at radius 2 is 1.96 bits per heavy atom. The number of hydrogen-bond donors (Lipinski definition) is 1. The van der Waals surface area contributed by atoms with Crippen LogP contribution < -0.4 is 5.32 Å². The van der Waals surface area contributed by atoms with Crippen LogP contribution in [0.4, 0.5) is 0 Å². The molecule has 142 valence electrons. The van der Waals surface area contributed by atoms with Crippen LogP contribution in [0.15, 0.2) is 4.99 Å². The standard InChI is InChI=1S/C18H36N4O.HI/c1-16(15-22-9-4-5-10-22)14-20-18(19-2)21(3)11-6-17-7-12-23-13-8-17;/h16-17H,4-15H2,1-3H3,(H,19,20);1H. The highest BCUT2D eigenvalue weighted by atomic mass is 127. The van der Waals surface area contributed by atoms with E-state index in [1.807, 2.05) is 7.05 Å². The lowest BCUT2D eigenvalue weighted by Gasteiger charge is -2.28. The minimum absolute atomic E-state index is 0. The van der Waals surface area contributed by atoms with Crippen LogP contribution in [-0.4, -0.2) is 75.8 Å². The molecule has 2 aliphatic rings. The van der Waals surface area contributed by atoms with Gasteiger partial charge in [0.2, 0.25) is 0 Å². The molecule has 2 rings (SSSR count). The second-order valence-electron chi connectivity index (χ2n) is 7.31. The van der Waals surface area contributed by atoms with Crippen LogP contribution in [0, 0.1) is 11.8 Å². The van der Waals surface area contributed by atoms with Crippen molar-refractivity contribution in [3.63, 3.8) is 0 Å². The first-order valence-electron chi connectivity index (χ1n) is 9.41. The van der Waals surface area contributed by atoms with E-state index in [0.29, 0.717) is 5.92 Å². The van der Waals surface area contributed by atoms with E-state index in [0.717, 1.165) is 38.2 Å². The number of halogens is 1. The van der Waals surface area contributed by atoms with Crippen molar-refractivity contribution >= 4 is 29.9 Å². The largest absolute Gasteiger partial charge is 0.381 e. The second kappa shape index (κ2) is 12.3. The van der Waals surface area contributed by atoms with Gasteiger partial charge in [-0.15, -0.1) is 24.0 Å². The van der Waals surface area contributed by atoms with Crippen LogP contribution in [-0.2, 0) is 4.74 Å². The predicted molar refractivity (Wildman–Crippen MR) is 112 cm³/mol. The molecule has 0 radical (unpaired) electrons. The summed E-state index contributed by atoms with van der Waals surface area (Å²) in [6.45, 7) is 10.1. The average molecular weight is 452 g/mol. The molecule has 0 saturated carbocycles. The van der Waals surface area contributed by atoms with Gasteiger partial charge in [0.25, 0.3) is 0 Å². The van der Waals surface area contributed by atoms with Crippen LogP contribution in [0.1, 0.15) is 39.0 Å². The molecule has 2 aliphatic heterocycles. The molecule has 0 aromatic heterocycles. The number of nitrogens with one attached hydrogen (secondary N) is 1. The molecule has 0 aromatic rings. The van der Waals surface area contributed by atoms with Gasteiger partial charge in [-0.3, -0.25) is 4.99 Å². The molecule has 0 aliphatic carbocycles. The van der Waals surface area contributed by atoms with Gasteiger partial charge in [-0.05, 0) is 57.0 Å². The van der Waals surface area contributed by atoms with E-state index in [-0.39, 0.29) is 24.0 Å². The van der Waals surface area contributed by atoms with Crippen LogP contribution in [0.25, 0.3) is 0 Å². The zero-order chi connectivity index (χ0) is 16.5. The normalized spacial score (nSPS) is 21.4. The monoisotopic (exact) mass is 452 g/mol. The molecule has 1 N–H and O–H groups in total. The summed E-state index contributed by atoms with van der Waals surface area (Å²) in [6.07, 6.45) is 6.41. The summed E-state index contributed by atoms with van der Waals surface area (Å²) in [5.41, 5.74) is 0. The molecule has 1 atom stereocenters. The molecular formula is C18H37IN4O. The van der Waals surface area contributed by atoms with Crippen molar-refractivity contribution < 1.29 is 4.74 Å². The van der Waals surface area contributed by atoms with Crippen molar-refractivity contribution in [2.45, 2.75) is 39.0 Å². The van der Waals surface area contributed by atoms with E-state index in [1.165, 1.54) is 51.7 Å². The Hall–Kier alpha value is -0.0800. The first kappa shape index (κ1) is 22.0. The molecule has 1 unspecified atom stereocenters. The lowest BCUT2D eigenvalue weighted by atomic mass is 9.96. The Balaban J connectivity index is 0.00000288. The summed E-state index contributed by atoms with van der Waals surface area (Å²) >= 11 is 0. The minimum atomic E-state index is 0. The summed E-state index contributed by atoms with van der Waals surface area (Å²) in [4.78, 5) is 9.31. The van der Waals surface area contributed by atoms with Gasteiger partial charge in [0, 0.05) is 46.9 Å². The minimum Gasteiger partial charge on any atom is -0.381 e. The number of hydrogen-bond acceptors (Lipinski definition) is 3. The van der Waals surface area contributed by atoms with Crippen LogP contribution in [0.2, 0.25) is 0 Å². The maximum atomic E-state index is 5.44. The van der Waals surface area contributed by atoms with Gasteiger partial charge in [-0.1, -0.05) is 6.92 Å². The Morgan fingerprint density at radius 1 is 1.29 bits per heavy atom. The van der Waals surface area contributed by atoms with Gasteiger partial charge in [0.05, 0.1) is 0 Å². The first-order valence-corrected chi connectivity index (χ1v) is 9.41. The van der Waals surface area contributed by atoms with Gasteiger partial charge < -0.3 is 19.9 Å². The van der Waals surface area contributed by atoms with Crippen molar-refractivity contribution in [1.29, 1.82) is 0 Å². The van der Waals surface area contributed by atoms with E-state index >= 15 is 0 Å². The zero-order valence-corrected chi connectivity index (χ0v) is 18.1. The SMILES string of the molecule is CN=C(NCC(C)CN1CCCC1)N(C)CCC1CCOCC1.I. The number of guanidine groups is 1. The molecule has 0 spiro atoms. The number of nitrogens with zero attached hydrogens (tertiary/aromatic N) is 3. The van der Waals surface area contributed by atoms with Crippen LogP contribution in [0.3, 0.4) is 0 Å². The Morgan fingerprint density at radius 3 is 2.58 bits per heavy atom. The number of ether oxygens (including phenoxy) is 1. The number of likely N-dealkylation sites (tertiary alicyclic amines) is 1. The summed E-state index contributed by atoms with van der Waals surface area (Å²) in [6, 6.07) is 0. The van der Waals surface area contributed by atoms with E-state index in [1.54, 1.807) is 0 Å². The van der Waals surface area contributed by atoms with Crippen molar-refractivity contribution in [2.75, 3.05) is 60.0 Å². The lowest BCUT2D eigenvalue weighted by molar-refractivity contribution is 0.0625. The summed E-state index contributed by atoms with van der Waals surface area (Å²) in [5, 5.41) is 3.56. The van der Waals surface area contributed by atoms with E-state index in [9.17, 15) is 0 Å². The van der Waals surface area contributed by atoms with E-state index in [2.05, 4.69) is 34.1 Å². The van der Waals surface area contributed by atoms with E-state index in [4.69, 9.17) is 4.74 Å². The molecule has 2 saturated heterocycles. The van der Waals surface area contributed by atoms with Gasteiger partial charge in [0.1, 0.15) is 0 Å². The van der Waals surface area contributed by atoms with Crippen LogP contribution >= 0.6 is 24.0 Å². The lowest BCUT2D eigenvalue weighted by Crippen LogP contribution is -2.43. The zero-order valence-electron chi connectivity index (χ0n) is 15.8. The predicted octanol–water partition coefficient (Wildman–Crippen LogP) is 2.66. The molecule has 2 heterocycles. The summed E-state index contributed by atoms with van der Waals surface area (Å²) in [7, 11) is 4.04. The maximum Gasteiger partial charge on any atom is 0.193 e. The smallest absolute Gasteiger partial charge is 0.193 e. The topological polar surface area (TPSA) is 40.1 Å². The van der Waals surface area contributed by atoms with Gasteiger partial charge in [0.15, 0.2) is 5.96 Å². The first-order chi connectivity index (χ1) is 11.2. The number of aliphatic imine (C=N–C) groups is 1. The van der Waals surface area contributed by atoms with Crippen LogP contribution in [0.5, 0.6) is 0 Å². The van der Waals surface area contributed by atoms with Gasteiger partial charge in [-0.2, -0.15) is 0 Å². The fourth-order valence-corrected chi connectivity index (χ4v) is 3.64. The third-order valence-electron chi connectivity index (χ3n) is 5.16.